The second-order valence-electron chi connectivity index (χ2n) is 14.0. The number of nitrogens with zero attached hydrogens (tertiary/aromatic N) is 1. The van der Waals surface area contributed by atoms with Crippen molar-refractivity contribution < 1.29 is 8.83 Å². The van der Waals surface area contributed by atoms with E-state index in [9.17, 15) is 0 Å². The van der Waals surface area contributed by atoms with Crippen molar-refractivity contribution in [3.63, 3.8) is 0 Å². The van der Waals surface area contributed by atoms with Crippen LogP contribution in [0.3, 0.4) is 0 Å². The molecule has 0 aliphatic rings. The maximum absolute atomic E-state index is 6.79. The maximum Gasteiger partial charge on any atom is 0.145 e. The molecule has 3 heteroatoms. The summed E-state index contributed by atoms with van der Waals surface area (Å²) in [6.07, 6.45) is 0. The van der Waals surface area contributed by atoms with E-state index in [1.165, 1.54) is 21.9 Å². The molecule has 9 aromatic carbocycles. The number of rotatable bonds is 6. The summed E-state index contributed by atoms with van der Waals surface area (Å²) in [6.45, 7) is 0. The summed E-state index contributed by atoms with van der Waals surface area (Å²) in [6, 6.07) is 70.7. The average Bonchev–Trinajstić information content (AvgIpc) is 3.83. The van der Waals surface area contributed by atoms with Crippen molar-refractivity contribution in [3.05, 3.63) is 200 Å². The zero-order chi connectivity index (χ0) is 36.3. The molecule has 0 atom stereocenters. The second kappa shape index (κ2) is 12.6. The molecule has 3 nitrogen and oxygen atoms in total. The fourth-order valence-electron chi connectivity index (χ4n) is 8.31. The number of fused-ring (bicyclic) bond motifs is 7. The van der Waals surface area contributed by atoms with Crippen molar-refractivity contribution in [2.75, 3.05) is 4.90 Å². The Labute approximate surface area is 317 Å². The molecule has 0 aliphatic heterocycles. The Morgan fingerprint density at radius 3 is 1.71 bits per heavy atom. The molecule has 2 heterocycles. The van der Waals surface area contributed by atoms with Gasteiger partial charge in [-0.2, -0.15) is 0 Å². The Hall–Kier alpha value is -7.36. The summed E-state index contributed by atoms with van der Waals surface area (Å²) in [7, 11) is 0. The van der Waals surface area contributed by atoms with Gasteiger partial charge in [-0.25, -0.2) is 0 Å². The van der Waals surface area contributed by atoms with E-state index in [0.29, 0.717) is 0 Å². The van der Waals surface area contributed by atoms with Gasteiger partial charge in [0.15, 0.2) is 0 Å². The van der Waals surface area contributed by atoms with Gasteiger partial charge >= 0.3 is 0 Å². The Balaban J connectivity index is 1.14. The number of hydrogen-bond donors (Lipinski definition) is 0. The fraction of sp³-hybridized carbons (Fsp3) is 0. The SMILES string of the molecule is c1ccc(-c2cccc3c2oc2cc(N(c4ccc(-c5cccc6ccccc56)cc4)c4ccc(-c5ccccc5)c5oc6ccccc6c45)ccc23)cc1. The van der Waals surface area contributed by atoms with E-state index in [-0.39, 0.29) is 0 Å². The van der Waals surface area contributed by atoms with Crippen LogP contribution in [0.2, 0.25) is 0 Å². The van der Waals surface area contributed by atoms with E-state index in [1.807, 2.05) is 18.2 Å². The number of hydrogen-bond acceptors (Lipinski definition) is 3. The molecule has 0 aliphatic carbocycles. The first-order valence-corrected chi connectivity index (χ1v) is 18.7. The molecule has 0 unspecified atom stereocenters. The quantitative estimate of drug-likeness (QED) is 0.173. The lowest BCUT2D eigenvalue weighted by Gasteiger charge is -2.27. The lowest BCUT2D eigenvalue weighted by atomic mass is 9.97. The van der Waals surface area contributed by atoms with Crippen molar-refractivity contribution >= 4 is 71.7 Å². The average molecular weight is 704 g/mol. The van der Waals surface area contributed by atoms with Gasteiger partial charge in [-0.1, -0.05) is 152 Å². The van der Waals surface area contributed by atoms with Gasteiger partial charge in [0.1, 0.15) is 22.3 Å². The highest BCUT2D eigenvalue weighted by atomic mass is 16.3. The number of anilines is 3. The highest BCUT2D eigenvalue weighted by Crippen LogP contribution is 2.47. The third-order valence-corrected chi connectivity index (χ3v) is 10.9. The van der Waals surface area contributed by atoms with Crippen LogP contribution in [0.1, 0.15) is 0 Å². The van der Waals surface area contributed by atoms with Crippen molar-refractivity contribution in [1.82, 2.24) is 0 Å². The first-order valence-electron chi connectivity index (χ1n) is 18.7. The topological polar surface area (TPSA) is 29.5 Å². The Morgan fingerprint density at radius 1 is 0.327 bits per heavy atom. The van der Waals surface area contributed by atoms with E-state index < -0.39 is 0 Å². The van der Waals surface area contributed by atoms with Crippen LogP contribution in [0.15, 0.2) is 209 Å². The van der Waals surface area contributed by atoms with Crippen molar-refractivity contribution in [2.45, 2.75) is 0 Å². The number of furan rings is 2. The Kier molecular flexibility index (Phi) is 7.17. The van der Waals surface area contributed by atoms with Gasteiger partial charge in [0.05, 0.1) is 11.1 Å². The van der Waals surface area contributed by atoms with Gasteiger partial charge in [-0.3, -0.25) is 0 Å². The second-order valence-corrected chi connectivity index (χ2v) is 14.0. The summed E-state index contributed by atoms with van der Waals surface area (Å²) in [5, 5.41) is 6.78. The molecule has 0 bridgehead atoms. The largest absolute Gasteiger partial charge is 0.455 e. The summed E-state index contributed by atoms with van der Waals surface area (Å²) in [5.41, 5.74) is 13.3. The van der Waals surface area contributed by atoms with Gasteiger partial charge in [0, 0.05) is 44.7 Å². The van der Waals surface area contributed by atoms with Crippen LogP contribution in [0.4, 0.5) is 17.1 Å². The van der Waals surface area contributed by atoms with Crippen LogP contribution < -0.4 is 4.90 Å². The van der Waals surface area contributed by atoms with Crippen LogP contribution in [-0.4, -0.2) is 0 Å². The minimum Gasteiger partial charge on any atom is -0.455 e. The molecule has 11 rings (SSSR count). The third-order valence-electron chi connectivity index (χ3n) is 10.9. The normalized spacial score (nSPS) is 11.6. The number of benzene rings is 9. The third kappa shape index (κ3) is 5.13. The first-order chi connectivity index (χ1) is 27.3. The monoisotopic (exact) mass is 703 g/mol. The van der Waals surface area contributed by atoms with Crippen LogP contribution in [-0.2, 0) is 0 Å². The Bertz CT molecular complexity index is 3190. The molecular weight excluding hydrogens is 671 g/mol. The van der Waals surface area contributed by atoms with Gasteiger partial charge < -0.3 is 13.7 Å². The van der Waals surface area contributed by atoms with Crippen LogP contribution in [0.25, 0.3) is 88.0 Å². The minimum absolute atomic E-state index is 0.836. The molecule has 0 saturated carbocycles. The van der Waals surface area contributed by atoms with Gasteiger partial charge in [-0.15, -0.1) is 0 Å². The zero-order valence-corrected chi connectivity index (χ0v) is 29.8. The standard InChI is InChI=1S/C52H33NO2/c1-3-13-35(14-4-1)42-22-12-23-45-44-30-29-39(33-49(44)55-51(42)45)53(38-27-25-37(26-28-38)41-21-11-18-34-17-7-8-19-40(34)41)47-32-31-43(36-15-5-2-6-16-36)52-50(47)46-20-9-10-24-48(46)54-52/h1-33H. The summed E-state index contributed by atoms with van der Waals surface area (Å²) < 4.78 is 13.5. The molecular formula is C52H33NO2. The predicted molar refractivity (Wildman–Crippen MR) is 229 cm³/mol. The van der Waals surface area contributed by atoms with E-state index >= 15 is 0 Å². The zero-order valence-electron chi connectivity index (χ0n) is 29.8. The molecule has 0 amide bonds. The molecule has 0 fully saturated rings. The van der Waals surface area contributed by atoms with E-state index in [0.717, 1.165) is 83.2 Å². The molecule has 55 heavy (non-hydrogen) atoms. The van der Waals surface area contributed by atoms with Gasteiger partial charge in [-0.05, 0) is 75.5 Å². The molecule has 2 aromatic heterocycles. The van der Waals surface area contributed by atoms with Gasteiger partial charge in [0.2, 0.25) is 0 Å². The number of para-hydroxylation sites is 2. The van der Waals surface area contributed by atoms with E-state index in [1.54, 1.807) is 0 Å². The Morgan fingerprint density at radius 2 is 0.909 bits per heavy atom. The van der Waals surface area contributed by atoms with Crippen molar-refractivity contribution in [1.29, 1.82) is 0 Å². The van der Waals surface area contributed by atoms with Gasteiger partial charge in [0.25, 0.3) is 0 Å². The highest BCUT2D eigenvalue weighted by molar-refractivity contribution is 6.17. The summed E-state index contributed by atoms with van der Waals surface area (Å²) >= 11 is 0. The van der Waals surface area contributed by atoms with Crippen LogP contribution in [0, 0.1) is 0 Å². The van der Waals surface area contributed by atoms with Crippen LogP contribution >= 0.6 is 0 Å². The smallest absolute Gasteiger partial charge is 0.145 e. The van der Waals surface area contributed by atoms with E-state index in [2.05, 4.69) is 187 Å². The lowest BCUT2D eigenvalue weighted by Crippen LogP contribution is -2.10. The maximum atomic E-state index is 6.79. The minimum atomic E-state index is 0.836. The first kappa shape index (κ1) is 31.2. The highest BCUT2D eigenvalue weighted by Gasteiger charge is 2.23. The predicted octanol–water partition coefficient (Wildman–Crippen LogP) is 15.1. The molecule has 0 N–H and O–H groups in total. The van der Waals surface area contributed by atoms with Crippen LogP contribution in [0.5, 0.6) is 0 Å². The molecule has 258 valence electrons. The van der Waals surface area contributed by atoms with Crippen molar-refractivity contribution in [3.8, 4) is 33.4 Å². The summed E-state index contributed by atoms with van der Waals surface area (Å²) in [5.74, 6) is 0. The van der Waals surface area contributed by atoms with E-state index in [4.69, 9.17) is 8.83 Å². The molecule has 0 spiro atoms. The summed E-state index contributed by atoms with van der Waals surface area (Å²) in [4.78, 5) is 2.34. The molecule has 0 saturated heterocycles. The fourth-order valence-corrected chi connectivity index (χ4v) is 8.31. The lowest BCUT2D eigenvalue weighted by molar-refractivity contribution is 0.670. The molecule has 0 radical (unpaired) electrons. The molecule has 11 aromatic rings. The van der Waals surface area contributed by atoms with Crippen molar-refractivity contribution in [2.24, 2.45) is 0 Å².